The number of methoxy groups -OCH3 is 1. The predicted molar refractivity (Wildman–Crippen MR) is 107 cm³/mol. The Morgan fingerprint density at radius 3 is 2.88 bits per heavy atom. The Bertz CT molecular complexity index is 1070. The van der Waals surface area contributed by atoms with E-state index in [0.29, 0.717) is 16.3 Å². The quantitative estimate of drug-likeness (QED) is 0.493. The third-order valence-corrected chi connectivity index (χ3v) is 5.59. The molecular formula is C19H14BrN3O2S. The first-order chi connectivity index (χ1) is 12.6. The highest BCUT2D eigenvalue weighted by molar-refractivity contribution is 9.10. The van der Waals surface area contributed by atoms with Gasteiger partial charge in [-0.25, -0.2) is 4.98 Å². The van der Waals surface area contributed by atoms with Gasteiger partial charge in [0.2, 0.25) is 0 Å². The van der Waals surface area contributed by atoms with Crippen LogP contribution in [0.3, 0.4) is 0 Å². The molecule has 0 aliphatic carbocycles. The number of benzene rings is 1. The number of carbonyl (C=O) groups excluding carboxylic acids is 1. The van der Waals surface area contributed by atoms with Gasteiger partial charge in [0.05, 0.1) is 23.4 Å². The molecule has 0 fully saturated rings. The van der Waals surface area contributed by atoms with Gasteiger partial charge >= 0.3 is 0 Å². The maximum absolute atomic E-state index is 12.5. The van der Waals surface area contributed by atoms with Gasteiger partial charge in [-0.3, -0.25) is 4.79 Å². The van der Waals surface area contributed by atoms with Gasteiger partial charge in [-0.1, -0.05) is 6.07 Å². The van der Waals surface area contributed by atoms with Gasteiger partial charge in [0.1, 0.15) is 11.4 Å². The molecule has 0 atom stereocenters. The zero-order chi connectivity index (χ0) is 18.1. The number of aromatic nitrogens is 2. The number of rotatable bonds is 4. The summed E-state index contributed by atoms with van der Waals surface area (Å²) in [6.45, 7) is 0. The lowest BCUT2D eigenvalue weighted by atomic mass is 10.1. The SMILES string of the molecule is COc1ccc(-c2cn3ccccc3n2)cc1NC(=O)c1cc(Br)cs1. The Labute approximate surface area is 162 Å². The molecule has 1 aromatic carbocycles. The number of imidazole rings is 1. The number of ether oxygens (including phenoxy) is 1. The molecule has 1 N–H and O–H groups in total. The van der Waals surface area contributed by atoms with Crippen LogP contribution >= 0.6 is 27.3 Å². The van der Waals surface area contributed by atoms with Crippen molar-refractivity contribution in [3.05, 3.63) is 69.6 Å². The number of nitrogens with one attached hydrogen (secondary N) is 1. The van der Waals surface area contributed by atoms with E-state index in [-0.39, 0.29) is 5.91 Å². The van der Waals surface area contributed by atoms with Crippen LogP contribution in [0.2, 0.25) is 0 Å². The summed E-state index contributed by atoms with van der Waals surface area (Å²) < 4.78 is 8.24. The molecule has 0 spiro atoms. The molecule has 0 aliphatic rings. The van der Waals surface area contributed by atoms with Gasteiger partial charge in [-0.05, 0) is 52.3 Å². The first kappa shape index (κ1) is 16.8. The molecule has 0 saturated heterocycles. The van der Waals surface area contributed by atoms with Crippen molar-refractivity contribution in [2.75, 3.05) is 12.4 Å². The molecule has 0 saturated carbocycles. The molecule has 1 amide bonds. The fraction of sp³-hybridized carbons (Fsp3) is 0.0526. The predicted octanol–water partition coefficient (Wildman–Crippen LogP) is 5.09. The van der Waals surface area contributed by atoms with Crippen LogP contribution in [0.15, 0.2) is 64.7 Å². The van der Waals surface area contributed by atoms with Crippen molar-refractivity contribution in [1.29, 1.82) is 0 Å². The largest absolute Gasteiger partial charge is 0.495 e. The molecule has 0 unspecified atom stereocenters. The number of anilines is 1. The van der Waals surface area contributed by atoms with Gasteiger partial charge in [0.15, 0.2) is 0 Å². The monoisotopic (exact) mass is 427 g/mol. The maximum Gasteiger partial charge on any atom is 0.265 e. The van der Waals surface area contributed by atoms with E-state index in [1.165, 1.54) is 11.3 Å². The summed E-state index contributed by atoms with van der Waals surface area (Å²) in [5.74, 6) is 0.424. The molecule has 0 bridgehead atoms. The van der Waals surface area contributed by atoms with Crippen molar-refractivity contribution in [3.63, 3.8) is 0 Å². The minimum atomic E-state index is -0.175. The van der Waals surface area contributed by atoms with Crippen LogP contribution in [-0.4, -0.2) is 22.4 Å². The van der Waals surface area contributed by atoms with Gasteiger partial charge in [-0.2, -0.15) is 0 Å². The summed E-state index contributed by atoms with van der Waals surface area (Å²) in [4.78, 5) is 17.7. The average Bonchev–Trinajstić information content (AvgIpc) is 3.27. The Morgan fingerprint density at radius 1 is 1.27 bits per heavy atom. The zero-order valence-corrected chi connectivity index (χ0v) is 16.2. The van der Waals surface area contributed by atoms with Gasteiger partial charge in [-0.15, -0.1) is 11.3 Å². The number of amides is 1. The van der Waals surface area contributed by atoms with Crippen molar-refractivity contribution in [2.45, 2.75) is 0 Å². The molecule has 5 nitrogen and oxygen atoms in total. The van der Waals surface area contributed by atoms with Crippen molar-refractivity contribution < 1.29 is 9.53 Å². The molecule has 0 radical (unpaired) electrons. The maximum atomic E-state index is 12.5. The Morgan fingerprint density at radius 2 is 2.15 bits per heavy atom. The summed E-state index contributed by atoms with van der Waals surface area (Å²) in [6, 6.07) is 13.3. The Kier molecular flexibility index (Phi) is 4.48. The van der Waals surface area contributed by atoms with E-state index < -0.39 is 0 Å². The topological polar surface area (TPSA) is 55.6 Å². The standard InChI is InChI=1S/C19H14BrN3O2S/c1-25-16-6-5-12(15-10-23-7-3-2-4-18(23)21-15)8-14(16)22-19(24)17-9-13(20)11-26-17/h2-11H,1H3,(H,22,24). The number of hydrogen-bond acceptors (Lipinski definition) is 4. The molecule has 7 heteroatoms. The van der Waals surface area contributed by atoms with Crippen LogP contribution < -0.4 is 10.1 Å². The van der Waals surface area contributed by atoms with Crippen molar-refractivity contribution in [1.82, 2.24) is 9.38 Å². The van der Waals surface area contributed by atoms with E-state index in [9.17, 15) is 4.79 Å². The van der Waals surface area contributed by atoms with Crippen molar-refractivity contribution >= 4 is 44.5 Å². The smallest absolute Gasteiger partial charge is 0.265 e. The van der Waals surface area contributed by atoms with Crippen LogP contribution in [0.4, 0.5) is 5.69 Å². The lowest BCUT2D eigenvalue weighted by molar-refractivity contribution is 0.103. The first-order valence-electron chi connectivity index (χ1n) is 7.81. The molecule has 0 aliphatic heterocycles. The zero-order valence-electron chi connectivity index (χ0n) is 13.8. The van der Waals surface area contributed by atoms with Crippen molar-refractivity contribution in [2.24, 2.45) is 0 Å². The second kappa shape index (κ2) is 6.93. The summed E-state index contributed by atoms with van der Waals surface area (Å²) in [5.41, 5.74) is 3.20. The van der Waals surface area contributed by atoms with Gasteiger partial charge in [0, 0.05) is 27.8 Å². The van der Waals surface area contributed by atoms with E-state index in [1.54, 1.807) is 13.2 Å². The van der Waals surface area contributed by atoms with E-state index >= 15 is 0 Å². The number of fused-ring (bicyclic) bond motifs is 1. The average molecular weight is 428 g/mol. The fourth-order valence-corrected chi connectivity index (χ4v) is 3.98. The summed E-state index contributed by atoms with van der Waals surface area (Å²) in [5, 5.41) is 4.80. The van der Waals surface area contributed by atoms with Gasteiger partial charge < -0.3 is 14.5 Å². The van der Waals surface area contributed by atoms with Crippen LogP contribution in [0.5, 0.6) is 5.75 Å². The van der Waals surface area contributed by atoms with Gasteiger partial charge in [0.25, 0.3) is 5.91 Å². The van der Waals surface area contributed by atoms with Crippen LogP contribution in [0, 0.1) is 0 Å². The Balaban J connectivity index is 1.69. The molecule has 26 heavy (non-hydrogen) atoms. The van der Waals surface area contributed by atoms with E-state index in [0.717, 1.165) is 21.4 Å². The number of thiophene rings is 1. The molecule has 4 aromatic rings. The minimum Gasteiger partial charge on any atom is -0.495 e. The Hall–Kier alpha value is -2.64. The second-order valence-corrected chi connectivity index (χ2v) is 7.42. The molecule has 3 aromatic heterocycles. The third kappa shape index (κ3) is 3.23. The lowest BCUT2D eigenvalue weighted by Gasteiger charge is -2.11. The molecule has 3 heterocycles. The number of carbonyl (C=O) groups is 1. The second-order valence-electron chi connectivity index (χ2n) is 5.59. The number of halogens is 1. The number of nitrogens with zero attached hydrogens (tertiary/aromatic N) is 2. The summed E-state index contributed by atoms with van der Waals surface area (Å²) >= 11 is 4.75. The lowest BCUT2D eigenvalue weighted by Crippen LogP contribution is -2.11. The summed E-state index contributed by atoms with van der Waals surface area (Å²) in [7, 11) is 1.58. The summed E-state index contributed by atoms with van der Waals surface area (Å²) in [6.07, 6.45) is 3.91. The third-order valence-electron chi connectivity index (χ3n) is 3.90. The highest BCUT2D eigenvalue weighted by Crippen LogP contribution is 2.31. The highest BCUT2D eigenvalue weighted by Gasteiger charge is 2.14. The number of hydrogen-bond donors (Lipinski definition) is 1. The van der Waals surface area contributed by atoms with Crippen LogP contribution in [0.25, 0.3) is 16.9 Å². The fourth-order valence-electron chi connectivity index (χ4n) is 2.65. The van der Waals surface area contributed by atoms with Crippen molar-refractivity contribution in [3.8, 4) is 17.0 Å². The molecule has 4 rings (SSSR count). The highest BCUT2D eigenvalue weighted by atomic mass is 79.9. The first-order valence-corrected chi connectivity index (χ1v) is 9.49. The molecule has 130 valence electrons. The number of pyridine rings is 1. The van der Waals surface area contributed by atoms with Crippen LogP contribution in [0.1, 0.15) is 9.67 Å². The van der Waals surface area contributed by atoms with E-state index in [1.807, 2.05) is 58.6 Å². The minimum absolute atomic E-state index is 0.175. The van der Waals surface area contributed by atoms with E-state index in [4.69, 9.17) is 4.74 Å². The normalized spacial score (nSPS) is 10.8. The van der Waals surface area contributed by atoms with E-state index in [2.05, 4.69) is 26.2 Å². The van der Waals surface area contributed by atoms with Crippen LogP contribution in [-0.2, 0) is 0 Å². The molecular weight excluding hydrogens is 414 g/mol.